The molecule has 0 amide bonds. The highest BCUT2D eigenvalue weighted by molar-refractivity contribution is 5.84. The van der Waals surface area contributed by atoms with Crippen molar-refractivity contribution in [1.29, 1.82) is 0 Å². The lowest BCUT2D eigenvalue weighted by molar-refractivity contribution is 0.357. The van der Waals surface area contributed by atoms with Gasteiger partial charge in [-0.15, -0.1) is 0 Å². The zero-order chi connectivity index (χ0) is 15.0. The van der Waals surface area contributed by atoms with Crippen LogP contribution in [0.2, 0.25) is 0 Å². The van der Waals surface area contributed by atoms with Gasteiger partial charge in [-0.25, -0.2) is 4.98 Å². The topological polar surface area (TPSA) is 45.6 Å². The van der Waals surface area contributed by atoms with E-state index in [0.717, 1.165) is 11.1 Å². The highest BCUT2D eigenvalue weighted by atomic mass is 27.0. The van der Waals surface area contributed by atoms with E-state index in [1.807, 2.05) is 31.2 Å². The molecule has 1 aromatic heterocycles. The zero-order valence-corrected chi connectivity index (χ0v) is 14.2. The number of phenols is 1. The molecule has 22 heavy (non-hydrogen) atoms. The average Bonchev–Trinajstić information content (AvgIpc) is 3.11. The predicted octanol–water partition coefficient (Wildman–Crippen LogP) is 3.53. The van der Waals surface area contributed by atoms with Crippen molar-refractivity contribution >= 4 is 28.3 Å². The highest BCUT2D eigenvalue weighted by Gasteiger charge is 2.49. The van der Waals surface area contributed by atoms with Gasteiger partial charge in [-0.1, -0.05) is 29.8 Å². The Morgan fingerprint density at radius 1 is 1.18 bits per heavy atom. The molecule has 2 aromatic rings. The van der Waals surface area contributed by atoms with Gasteiger partial charge in [-0.2, -0.15) is 0 Å². The number of para-hydroxylation sites is 1. The lowest BCUT2D eigenvalue weighted by Gasteiger charge is -2.01. The summed E-state index contributed by atoms with van der Waals surface area (Å²) in [6.45, 7) is 6.11. The summed E-state index contributed by atoms with van der Waals surface area (Å²) in [7, 11) is 0. The number of pyridine rings is 1. The summed E-state index contributed by atoms with van der Waals surface area (Å²) in [5, 5.41) is 10.4. The second-order valence-electron chi connectivity index (χ2n) is 5.77. The van der Waals surface area contributed by atoms with Gasteiger partial charge < -0.3 is 9.84 Å². The van der Waals surface area contributed by atoms with E-state index in [4.69, 9.17) is 4.74 Å². The molecule has 4 rings (SSSR count). The molecule has 111 valence electrons. The summed E-state index contributed by atoms with van der Waals surface area (Å²) < 4.78 is 5.37. The minimum absolute atomic E-state index is 0. The van der Waals surface area contributed by atoms with Gasteiger partial charge in [0, 0.05) is 28.4 Å². The summed E-state index contributed by atoms with van der Waals surface area (Å²) in [5.74, 6) is 0.246. The summed E-state index contributed by atoms with van der Waals surface area (Å²) in [6.07, 6.45) is 6.79. The van der Waals surface area contributed by atoms with E-state index >= 15 is 0 Å². The van der Waals surface area contributed by atoms with Crippen molar-refractivity contribution in [1.82, 2.24) is 4.98 Å². The predicted molar refractivity (Wildman–Crippen MR) is 90.1 cm³/mol. The smallest absolute Gasteiger partial charge is 0.141 e. The second kappa shape index (κ2) is 6.26. The van der Waals surface area contributed by atoms with Crippen LogP contribution in [-0.4, -0.2) is 39.2 Å². The number of hydrogen-bond acceptors (Lipinski definition) is 3. The molecule has 0 saturated carbocycles. The number of aromatic hydroxyl groups is 1. The molecule has 2 heterocycles. The van der Waals surface area contributed by atoms with Crippen molar-refractivity contribution in [2.45, 2.75) is 32.5 Å². The van der Waals surface area contributed by atoms with Crippen molar-refractivity contribution in [3.63, 3.8) is 0 Å². The number of allylic oxidation sites excluding steroid dienone is 2. The Balaban J connectivity index is 0.000000159. The van der Waals surface area contributed by atoms with Gasteiger partial charge in [0.25, 0.3) is 0 Å². The largest absolute Gasteiger partial charge is 0.506 e. The minimum atomic E-state index is 0. The Morgan fingerprint density at radius 2 is 1.95 bits per heavy atom. The minimum Gasteiger partial charge on any atom is -0.506 e. The molecule has 1 aromatic carbocycles. The number of epoxide rings is 1. The number of aryl methyl sites for hydroxylation is 1. The maximum absolute atomic E-state index is 9.43. The van der Waals surface area contributed by atoms with Crippen LogP contribution in [0.15, 0.2) is 54.1 Å². The Bertz CT molecular complexity index is 754. The molecule has 0 bridgehead atoms. The fourth-order valence-corrected chi connectivity index (χ4v) is 2.39. The zero-order valence-electron chi connectivity index (χ0n) is 13.1. The molecule has 2 unspecified atom stereocenters. The fourth-order valence-electron chi connectivity index (χ4n) is 2.39. The SMILES string of the molecule is CC1=CC2OC2(C)C=C1.Cc1ccc2cccc(O)c2n1.[Al]. The summed E-state index contributed by atoms with van der Waals surface area (Å²) >= 11 is 0. The lowest BCUT2D eigenvalue weighted by Crippen LogP contribution is -2.06. The van der Waals surface area contributed by atoms with Gasteiger partial charge in [-0.3, -0.25) is 0 Å². The third kappa shape index (κ3) is 3.41. The van der Waals surface area contributed by atoms with Crippen molar-refractivity contribution < 1.29 is 9.84 Å². The van der Waals surface area contributed by atoms with E-state index in [2.05, 4.69) is 37.1 Å². The van der Waals surface area contributed by atoms with Crippen LogP contribution in [0.3, 0.4) is 0 Å². The molecule has 4 heteroatoms. The first kappa shape index (κ1) is 16.8. The third-order valence-electron chi connectivity index (χ3n) is 3.82. The van der Waals surface area contributed by atoms with Crippen molar-refractivity contribution in [2.24, 2.45) is 0 Å². The molecule has 1 N–H and O–H groups in total. The van der Waals surface area contributed by atoms with Gasteiger partial charge in [0.05, 0.1) is 0 Å². The molecule has 1 aliphatic carbocycles. The average molecular weight is 308 g/mol. The monoisotopic (exact) mass is 308 g/mol. The van der Waals surface area contributed by atoms with E-state index in [0.29, 0.717) is 11.6 Å². The molecular weight excluding hydrogens is 289 g/mol. The van der Waals surface area contributed by atoms with E-state index < -0.39 is 0 Å². The molecular formula is C18H19AlNO2. The van der Waals surface area contributed by atoms with Crippen LogP contribution in [0.5, 0.6) is 5.75 Å². The Labute approximate surface area is 141 Å². The normalized spacial score (nSPS) is 24.5. The maximum Gasteiger partial charge on any atom is 0.141 e. The first-order chi connectivity index (χ1) is 9.98. The molecule has 1 aliphatic heterocycles. The lowest BCUT2D eigenvalue weighted by atomic mass is 9.99. The maximum atomic E-state index is 9.43. The van der Waals surface area contributed by atoms with Crippen LogP contribution in [0.25, 0.3) is 10.9 Å². The first-order valence-electron chi connectivity index (χ1n) is 7.09. The number of rotatable bonds is 0. The summed E-state index contributed by atoms with van der Waals surface area (Å²) in [6, 6.07) is 9.28. The van der Waals surface area contributed by atoms with Crippen LogP contribution < -0.4 is 0 Å². The van der Waals surface area contributed by atoms with Gasteiger partial charge in [0.15, 0.2) is 0 Å². The Kier molecular flexibility index (Phi) is 4.77. The van der Waals surface area contributed by atoms with Gasteiger partial charge in [0.2, 0.25) is 0 Å². The quantitative estimate of drug-likeness (QED) is 0.598. The number of phenolic OH excluding ortho intramolecular Hbond substituents is 1. The molecule has 1 saturated heterocycles. The fraction of sp³-hybridized carbons (Fsp3) is 0.278. The van der Waals surface area contributed by atoms with Crippen LogP contribution in [0.1, 0.15) is 19.5 Å². The van der Waals surface area contributed by atoms with E-state index in [1.165, 1.54) is 5.57 Å². The molecule has 2 atom stereocenters. The number of benzene rings is 1. The molecule has 1 fully saturated rings. The standard InChI is InChI=1S/C10H9NO.C8H10O.Al/c1-7-5-6-8-3-2-4-9(12)10(8)11-7;1-6-3-4-8(2)7(5-6)9-8;/h2-6,12H,1H3;3-5,7H,1-2H3;. The van der Waals surface area contributed by atoms with E-state index in [-0.39, 0.29) is 28.7 Å². The number of fused-ring (bicyclic) bond motifs is 2. The van der Waals surface area contributed by atoms with Gasteiger partial charge in [-0.05, 0) is 45.1 Å². The third-order valence-corrected chi connectivity index (χ3v) is 3.82. The molecule has 2 aliphatic rings. The van der Waals surface area contributed by atoms with Crippen molar-refractivity contribution in [2.75, 3.05) is 0 Å². The van der Waals surface area contributed by atoms with Crippen LogP contribution >= 0.6 is 0 Å². The van der Waals surface area contributed by atoms with Gasteiger partial charge >= 0.3 is 0 Å². The van der Waals surface area contributed by atoms with E-state index in [9.17, 15) is 5.11 Å². The van der Waals surface area contributed by atoms with Crippen molar-refractivity contribution in [3.05, 3.63) is 59.8 Å². The highest BCUT2D eigenvalue weighted by Crippen LogP contribution is 2.41. The van der Waals surface area contributed by atoms with E-state index in [1.54, 1.807) is 6.07 Å². The first-order valence-corrected chi connectivity index (χ1v) is 7.09. The number of ether oxygens (including phenoxy) is 1. The Hall–Kier alpha value is -1.60. The number of hydrogen-bond donors (Lipinski definition) is 1. The summed E-state index contributed by atoms with van der Waals surface area (Å²) in [4.78, 5) is 4.23. The van der Waals surface area contributed by atoms with Crippen molar-refractivity contribution in [3.8, 4) is 5.75 Å². The summed E-state index contributed by atoms with van der Waals surface area (Å²) in [5.41, 5.74) is 2.98. The molecule has 3 radical (unpaired) electrons. The molecule has 3 nitrogen and oxygen atoms in total. The number of nitrogens with zero attached hydrogens (tertiary/aromatic N) is 1. The van der Waals surface area contributed by atoms with Crippen LogP contribution in [0.4, 0.5) is 0 Å². The van der Waals surface area contributed by atoms with Gasteiger partial charge in [0.1, 0.15) is 23.0 Å². The number of aromatic nitrogens is 1. The molecule has 0 spiro atoms. The van der Waals surface area contributed by atoms with Crippen LogP contribution in [-0.2, 0) is 4.74 Å². The van der Waals surface area contributed by atoms with Crippen LogP contribution in [0, 0.1) is 6.92 Å². The second-order valence-corrected chi connectivity index (χ2v) is 5.77. The Morgan fingerprint density at radius 3 is 2.64 bits per heavy atom.